The summed E-state index contributed by atoms with van der Waals surface area (Å²) in [6.07, 6.45) is 5.36. The van der Waals surface area contributed by atoms with E-state index in [0.29, 0.717) is 15.1 Å². The monoisotopic (exact) mass is 485 g/mol. The van der Waals surface area contributed by atoms with Crippen molar-refractivity contribution < 1.29 is 9.53 Å². The summed E-state index contributed by atoms with van der Waals surface area (Å²) in [5, 5.41) is 7.24. The zero-order valence-corrected chi connectivity index (χ0v) is 20.2. The van der Waals surface area contributed by atoms with E-state index in [0.717, 1.165) is 22.4 Å². The number of aryl methyl sites for hydroxylation is 2. The van der Waals surface area contributed by atoms with Crippen LogP contribution in [-0.4, -0.2) is 26.0 Å². The van der Waals surface area contributed by atoms with Gasteiger partial charge in [-0.3, -0.25) is 18.8 Å². The van der Waals surface area contributed by atoms with Crippen LogP contribution >= 0.6 is 11.3 Å². The maximum absolute atomic E-state index is 13.8. The number of ether oxygens (including phenoxy) is 1. The number of carbonyl (C=O) groups is 1. The summed E-state index contributed by atoms with van der Waals surface area (Å²) >= 11 is 1.30. The minimum Gasteiger partial charge on any atom is -0.465 e. The van der Waals surface area contributed by atoms with Crippen LogP contribution in [-0.2, 0) is 11.8 Å². The third-order valence-electron chi connectivity index (χ3n) is 6.59. The lowest BCUT2D eigenvalue weighted by molar-refractivity contribution is -0.131. The lowest BCUT2D eigenvalue weighted by Gasteiger charge is -2.45. The smallest absolute Gasteiger partial charge is 0.270 e. The lowest BCUT2D eigenvalue weighted by Crippen LogP contribution is -2.59. The van der Waals surface area contributed by atoms with Crippen LogP contribution in [0.25, 0.3) is 6.08 Å². The van der Waals surface area contributed by atoms with Gasteiger partial charge in [-0.2, -0.15) is 5.10 Å². The quantitative estimate of drug-likeness (QED) is 0.482. The average Bonchev–Trinajstić information content (AvgIpc) is 3.36. The van der Waals surface area contributed by atoms with Gasteiger partial charge in [-0.15, -0.1) is 0 Å². The Morgan fingerprint density at radius 2 is 1.97 bits per heavy atom. The number of anilines is 1. The van der Waals surface area contributed by atoms with Crippen LogP contribution in [0.3, 0.4) is 0 Å². The predicted molar refractivity (Wildman–Crippen MR) is 133 cm³/mol. The second-order valence-corrected chi connectivity index (χ2v) is 10.1. The van der Waals surface area contributed by atoms with Crippen LogP contribution in [0.5, 0.6) is 5.75 Å². The Kier molecular flexibility index (Phi) is 4.79. The molecule has 0 aliphatic carbocycles. The first-order valence-corrected chi connectivity index (χ1v) is 12.1. The molecule has 0 spiro atoms. The van der Waals surface area contributed by atoms with Gasteiger partial charge >= 0.3 is 0 Å². The van der Waals surface area contributed by atoms with Crippen molar-refractivity contribution in [2.45, 2.75) is 25.6 Å². The van der Waals surface area contributed by atoms with Crippen molar-refractivity contribution in [1.29, 1.82) is 0 Å². The van der Waals surface area contributed by atoms with Crippen LogP contribution in [0, 0.1) is 12.8 Å². The van der Waals surface area contributed by atoms with E-state index in [-0.39, 0.29) is 11.5 Å². The topological polar surface area (TPSA) is 90.5 Å². The molecule has 4 heterocycles. The Bertz CT molecular complexity index is 1670. The summed E-state index contributed by atoms with van der Waals surface area (Å²) < 4.78 is 10.2. The summed E-state index contributed by atoms with van der Waals surface area (Å²) in [6.45, 7) is 3.76. The number of hydrogen-bond donors (Lipinski definition) is 1. The number of nitrogens with zero attached hydrogens (tertiary/aromatic N) is 4. The molecule has 1 N–H and O–H groups in total. The molecule has 4 aromatic rings. The van der Waals surface area contributed by atoms with E-state index in [9.17, 15) is 9.59 Å². The van der Waals surface area contributed by atoms with Gasteiger partial charge in [-0.25, -0.2) is 4.99 Å². The Labute approximate surface area is 204 Å². The lowest BCUT2D eigenvalue weighted by atomic mass is 9.80. The SMILES string of the molecule is Cc1ccccc1NC(=O)[C@H]1[C@H]2c3ccccc3O[C@@]1(C)N=c1s/c(=C/c3cnn(C)c3)c(=O)n12. The van der Waals surface area contributed by atoms with E-state index in [4.69, 9.17) is 9.73 Å². The highest BCUT2D eigenvalue weighted by Gasteiger charge is 2.55. The van der Waals surface area contributed by atoms with Gasteiger partial charge < -0.3 is 10.1 Å². The molecule has 0 radical (unpaired) electrons. The van der Waals surface area contributed by atoms with Gasteiger partial charge in [0.25, 0.3) is 5.56 Å². The third kappa shape index (κ3) is 3.42. The van der Waals surface area contributed by atoms with Gasteiger partial charge in [-0.05, 0) is 37.6 Å². The predicted octanol–water partition coefficient (Wildman–Crippen LogP) is 2.37. The molecular weight excluding hydrogens is 462 g/mol. The number of nitrogens with one attached hydrogen (secondary N) is 1. The van der Waals surface area contributed by atoms with E-state index in [1.54, 1.807) is 15.4 Å². The first kappa shape index (κ1) is 21.5. The maximum atomic E-state index is 13.8. The van der Waals surface area contributed by atoms with Gasteiger partial charge in [0.1, 0.15) is 11.7 Å². The number of para-hydroxylation sites is 2. The van der Waals surface area contributed by atoms with Crippen LogP contribution in [0.2, 0.25) is 0 Å². The van der Waals surface area contributed by atoms with E-state index >= 15 is 0 Å². The fourth-order valence-electron chi connectivity index (χ4n) is 4.93. The number of aromatic nitrogens is 3. The number of rotatable bonds is 3. The highest BCUT2D eigenvalue weighted by molar-refractivity contribution is 7.07. The highest BCUT2D eigenvalue weighted by atomic mass is 32.1. The van der Waals surface area contributed by atoms with Gasteiger partial charge in [0.2, 0.25) is 11.6 Å². The Morgan fingerprint density at radius 1 is 1.20 bits per heavy atom. The molecule has 9 heteroatoms. The second kappa shape index (κ2) is 7.78. The molecule has 2 aromatic carbocycles. The van der Waals surface area contributed by atoms with Crippen molar-refractivity contribution in [3.63, 3.8) is 0 Å². The molecule has 2 aliphatic heterocycles. The first-order valence-electron chi connectivity index (χ1n) is 11.3. The molecule has 8 nitrogen and oxygen atoms in total. The summed E-state index contributed by atoms with van der Waals surface area (Å²) in [5.41, 5.74) is 1.93. The van der Waals surface area contributed by atoms with Crippen molar-refractivity contribution >= 4 is 29.0 Å². The maximum Gasteiger partial charge on any atom is 0.270 e. The molecular formula is C26H23N5O3S. The van der Waals surface area contributed by atoms with Crippen LogP contribution in [0.4, 0.5) is 5.69 Å². The van der Waals surface area contributed by atoms with E-state index in [1.165, 1.54) is 11.3 Å². The van der Waals surface area contributed by atoms with Crippen LogP contribution in [0.15, 0.2) is 70.7 Å². The Morgan fingerprint density at radius 3 is 2.74 bits per heavy atom. The van der Waals surface area contributed by atoms with Crippen molar-refractivity contribution in [2.75, 3.05) is 5.32 Å². The molecule has 2 bridgehead atoms. The highest BCUT2D eigenvalue weighted by Crippen LogP contribution is 2.47. The molecule has 35 heavy (non-hydrogen) atoms. The van der Waals surface area contributed by atoms with Crippen molar-refractivity contribution in [1.82, 2.24) is 14.3 Å². The molecule has 2 aromatic heterocycles. The molecule has 2 aliphatic rings. The second-order valence-electron chi connectivity index (χ2n) is 9.05. The Balaban J connectivity index is 1.54. The zero-order valence-electron chi connectivity index (χ0n) is 19.4. The third-order valence-corrected chi connectivity index (χ3v) is 7.57. The zero-order chi connectivity index (χ0) is 24.3. The summed E-state index contributed by atoms with van der Waals surface area (Å²) in [6, 6.07) is 14.6. The van der Waals surface area contributed by atoms with Crippen molar-refractivity contribution in [3.8, 4) is 5.75 Å². The molecule has 0 saturated heterocycles. The number of thiazole rings is 1. The number of fused-ring (bicyclic) bond motifs is 6. The van der Waals surface area contributed by atoms with Crippen LogP contribution < -0.4 is 24.9 Å². The molecule has 6 rings (SSSR count). The van der Waals surface area contributed by atoms with Gasteiger partial charge in [0.05, 0.1) is 16.8 Å². The average molecular weight is 486 g/mol. The number of amides is 1. The molecule has 1 amide bonds. The molecule has 3 atom stereocenters. The number of hydrogen-bond acceptors (Lipinski definition) is 6. The minimum atomic E-state index is -1.17. The molecule has 0 saturated carbocycles. The fraction of sp³-hybridized carbons (Fsp3) is 0.231. The summed E-state index contributed by atoms with van der Waals surface area (Å²) in [4.78, 5) is 32.9. The van der Waals surface area contributed by atoms with Gasteiger partial charge in [-0.1, -0.05) is 47.7 Å². The van der Waals surface area contributed by atoms with Gasteiger partial charge in [0, 0.05) is 30.1 Å². The van der Waals surface area contributed by atoms with E-state index < -0.39 is 17.7 Å². The van der Waals surface area contributed by atoms with E-state index in [1.807, 2.05) is 81.7 Å². The molecule has 0 fully saturated rings. The normalized spacial score (nSPS) is 22.5. The summed E-state index contributed by atoms with van der Waals surface area (Å²) in [7, 11) is 1.83. The van der Waals surface area contributed by atoms with E-state index in [2.05, 4.69) is 10.4 Å². The minimum absolute atomic E-state index is 0.185. The van der Waals surface area contributed by atoms with Crippen molar-refractivity contribution in [2.24, 2.45) is 18.0 Å². The molecule has 176 valence electrons. The van der Waals surface area contributed by atoms with Crippen molar-refractivity contribution in [3.05, 3.63) is 97.3 Å². The first-order chi connectivity index (χ1) is 16.8. The standard InChI is InChI=1S/C26H23N5O3S/c1-15-8-4-6-10-18(15)28-23(32)21-22-17-9-5-7-11-19(17)34-26(21,2)29-25-31(22)24(33)20(35-25)12-16-13-27-30(3)14-16/h4-14,21-22H,1-3H3,(H,28,32)/b20-12+/t21-,22-,26-/m1/s1. The largest absolute Gasteiger partial charge is 0.465 e. The fourth-order valence-corrected chi connectivity index (χ4v) is 6.03. The van der Waals surface area contributed by atoms with Gasteiger partial charge in [0.15, 0.2) is 4.80 Å². The number of carbonyl (C=O) groups excluding carboxylic acids is 1. The summed E-state index contributed by atoms with van der Waals surface area (Å²) in [5.74, 6) is -0.361. The number of benzene rings is 2. The van der Waals surface area contributed by atoms with Crippen LogP contribution in [0.1, 0.15) is 29.7 Å². The Hall–Kier alpha value is -3.98. The molecule has 0 unspecified atom stereocenters.